The second-order valence-electron chi connectivity index (χ2n) is 9.32. The molecular formula is C24H22F3NO3. The van der Waals surface area contributed by atoms with Crippen molar-refractivity contribution in [2.75, 3.05) is 0 Å². The standard InChI is InChI=1S/C24H22F3NO3/c25-17-4-2-1-3-16(17)22(29)13-7-18(26)20(19(27)8-13)23(30)28-21-14-5-12-6-15(21)11-24(31,9-12)10-14/h1-4,7-8,12,14-15,21,31H,5-6,9-11H2,(H,28,30)/t12?,14?,15?,21-,24-. The summed E-state index contributed by atoms with van der Waals surface area (Å²) in [6.45, 7) is 0. The molecule has 4 bridgehead atoms. The lowest BCUT2D eigenvalue weighted by molar-refractivity contribution is -0.137. The highest BCUT2D eigenvalue weighted by atomic mass is 19.1. The average molecular weight is 429 g/mol. The average Bonchev–Trinajstić information content (AvgIpc) is 2.69. The number of ketones is 1. The summed E-state index contributed by atoms with van der Waals surface area (Å²) in [5.41, 5.74) is -2.10. The first-order chi connectivity index (χ1) is 14.7. The summed E-state index contributed by atoms with van der Waals surface area (Å²) in [5, 5.41) is 13.5. The van der Waals surface area contributed by atoms with Crippen LogP contribution in [-0.2, 0) is 0 Å². The Hall–Kier alpha value is -2.67. The van der Waals surface area contributed by atoms with E-state index in [1.165, 1.54) is 18.2 Å². The van der Waals surface area contributed by atoms with Crippen molar-refractivity contribution in [2.45, 2.75) is 43.7 Å². The fraction of sp³-hybridized carbons (Fsp3) is 0.417. The van der Waals surface area contributed by atoms with E-state index in [-0.39, 0.29) is 29.0 Å². The molecule has 2 N–H and O–H groups in total. The normalized spacial score (nSPS) is 31.0. The summed E-state index contributed by atoms with van der Waals surface area (Å²) in [6, 6.07) is 6.48. The van der Waals surface area contributed by atoms with Crippen LogP contribution in [0.4, 0.5) is 13.2 Å². The molecule has 0 radical (unpaired) electrons. The first-order valence-corrected chi connectivity index (χ1v) is 10.6. The van der Waals surface area contributed by atoms with Gasteiger partial charge in [0, 0.05) is 11.6 Å². The van der Waals surface area contributed by atoms with Gasteiger partial charge in [-0.15, -0.1) is 0 Å². The molecule has 31 heavy (non-hydrogen) atoms. The van der Waals surface area contributed by atoms with Crippen LogP contribution in [0.3, 0.4) is 0 Å². The van der Waals surface area contributed by atoms with E-state index in [4.69, 9.17) is 0 Å². The molecule has 2 unspecified atom stereocenters. The van der Waals surface area contributed by atoms with Gasteiger partial charge >= 0.3 is 0 Å². The van der Waals surface area contributed by atoms with Gasteiger partial charge in [-0.1, -0.05) is 12.1 Å². The monoisotopic (exact) mass is 429 g/mol. The van der Waals surface area contributed by atoms with Crippen molar-refractivity contribution in [3.8, 4) is 0 Å². The lowest BCUT2D eigenvalue weighted by atomic mass is 9.52. The molecule has 0 aromatic heterocycles. The number of hydrogen-bond acceptors (Lipinski definition) is 3. The van der Waals surface area contributed by atoms with Crippen LogP contribution in [0.25, 0.3) is 0 Å². The minimum atomic E-state index is -1.17. The number of halogens is 3. The Morgan fingerprint density at radius 2 is 1.55 bits per heavy atom. The highest BCUT2D eigenvalue weighted by molar-refractivity contribution is 6.09. The maximum atomic E-state index is 14.7. The van der Waals surface area contributed by atoms with Gasteiger partial charge in [-0.25, -0.2) is 13.2 Å². The summed E-state index contributed by atoms with van der Waals surface area (Å²) in [4.78, 5) is 25.2. The number of nitrogens with one attached hydrogen (secondary N) is 1. The van der Waals surface area contributed by atoms with Crippen molar-refractivity contribution in [2.24, 2.45) is 17.8 Å². The molecule has 162 valence electrons. The number of benzene rings is 2. The van der Waals surface area contributed by atoms with Crippen LogP contribution in [-0.4, -0.2) is 28.4 Å². The zero-order valence-corrected chi connectivity index (χ0v) is 16.7. The van der Waals surface area contributed by atoms with Gasteiger partial charge in [-0.3, -0.25) is 9.59 Å². The van der Waals surface area contributed by atoms with E-state index in [0.717, 1.165) is 37.5 Å². The van der Waals surface area contributed by atoms with Crippen molar-refractivity contribution in [3.63, 3.8) is 0 Å². The largest absolute Gasteiger partial charge is 0.390 e. The van der Waals surface area contributed by atoms with Crippen molar-refractivity contribution >= 4 is 11.7 Å². The van der Waals surface area contributed by atoms with Gasteiger partial charge in [0.15, 0.2) is 5.78 Å². The molecule has 4 saturated carbocycles. The molecule has 0 aliphatic heterocycles. The summed E-state index contributed by atoms with van der Waals surface area (Å²) < 4.78 is 43.3. The van der Waals surface area contributed by atoms with Gasteiger partial charge in [0.05, 0.1) is 11.2 Å². The maximum Gasteiger partial charge on any atom is 0.257 e. The Kier molecular flexibility index (Phi) is 4.70. The van der Waals surface area contributed by atoms with Crippen molar-refractivity contribution in [1.82, 2.24) is 5.32 Å². The minimum Gasteiger partial charge on any atom is -0.390 e. The zero-order valence-electron chi connectivity index (χ0n) is 16.7. The first-order valence-electron chi connectivity index (χ1n) is 10.6. The lowest BCUT2D eigenvalue weighted by Crippen LogP contribution is -2.61. The molecule has 2 aromatic carbocycles. The van der Waals surface area contributed by atoms with E-state index in [0.29, 0.717) is 18.8 Å². The number of carbonyl (C=O) groups is 2. The van der Waals surface area contributed by atoms with E-state index in [1.807, 2.05) is 0 Å². The molecule has 4 nitrogen and oxygen atoms in total. The Labute approximate surface area is 177 Å². The topological polar surface area (TPSA) is 66.4 Å². The molecule has 4 fully saturated rings. The second kappa shape index (κ2) is 7.19. The zero-order chi connectivity index (χ0) is 21.9. The summed E-state index contributed by atoms with van der Waals surface area (Å²) in [7, 11) is 0. The van der Waals surface area contributed by atoms with Crippen LogP contribution in [0.5, 0.6) is 0 Å². The maximum absolute atomic E-state index is 14.7. The van der Waals surface area contributed by atoms with Crippen LogP contribution in [0.15, 0.2) is 36.4 Å². The molecule has 7 heteroatoms. The predicted octanol–water partition coefficient (Wildman–Crippen LogP) is 4.00. The van der Waals surface area contributed by atoms with E-state index >= 15 is 0 Å². The van der Waals surface area contributed by atoms with Gasteiger partial charge in [-0.05, 0) is 74.1 Å². The van der Waals surface area contributed by atoms with Gasteiger partial charge < -0.3 is 10.4 Å². The second-order valence-corrected chi connectivity index (χ2v) is 9.32. The predicted molar refractivity (Wildman–Crippen MR) is 106 cm³/mol. The Balaban J connectivity index is 1.38. The smallest absolute Gasteiger partial charge is 0.257 e. The van der Waals surface area contributed by atoms with E-state index in [9.17, 15) is 27.9 Å². The van der Waals surface area contributed by atoms with Gasteiger partial charge in [-0.2, -0.15) is 0 Å². The molecule has 4 aliphatic carbocycles. The number of carbonyl (C=O) groups excluding carboxylic acids is 2. The fourth-order valence-electron chi connectivity index (χ4n) is 6.16. The van der Waals surface area contributed by atoms with Crippen LogP contribution < -0.4 is 5.32 Å². The third kappa shape index (κ3) is 3.45. The number of hydrogen-bond donors (Lipinski definition) is 2. The van der Waals surface area contributed by atoms with Gasteiger partial charge in [0.2, 0.25) is 0 Å². The molecule has 0 saturated heterocycles. The van der Waals surface area contributed by atoms with Crippen LogP contribution in [0.2, 0.25) is 0 Å². The van der Waals surface area contributed by atoms with Crippen LogP contribution in [0, 0.1) is 35.2 Å². The SMILES string of the molecule is O=C(c1cc(F)c(C(=O)N[C@H]2C3CC4CC2C[C@](O)(C4)C3)c(F)c1)c1ccccc1F. The molecule has 0 spiro atoms. The summed E-state index contributed by atoms with van der Waals surface area (Å²) >= 11 is 0. The fourth-order valence-corrected chi connectivity index (χ4v) is 6.16. The highest BCUT2D eigenvalue weighted by Crippen LogP contribution is 2.55. The number of amides is 1. The quantitative estimate of drug-likeness (QED) is 0.722. The Bertz CT molecular complexity index is 1050. The van der Waals surface area contributed by atoms with Gasteiger partial charge in [0.1, 0.15) is 23.0 Å². The first kappa shape index (κ1) is 20.2. The molecular weight excluding hydrogens is 407 g/mol. The number of aliphatic hydroxyl groups is 1. The van der Waals surface area contributed by atoms with Crippen LogP contribution in [0.1, 0.15) is 58.4 Å². The van der Waals surface area contributed by atoms with E-state index in [2.05, 4.69) is 5.32 Å². The Morgan fingerprint density at radius 3 is 2.13 bits per heavy atom. The van der Waals surface area contributed by atoms with Gasteiger partial charge in [0.25, 0.3) is 5.91 Å². The van der Waals surface area contributed by atoms with E-state index in [1.54, 1.807) is 0 Å². The lowest BCUT2D eigenvalue weighted by Gasteiger charge is -2.58. The highest BCUT2D eigenvalue weighted by Gasteiger charge is 2.55. The molecule has 2 aromatic rings. The van der Waals surface area contributed by atoms with E-state index < -0.39 is 40.3 Å². The molecule has 1 amide bonds. The van der Waals surface area contributed by atoms with Crippen molar-refractivity contribution in [1.29, 1.82) is 0 Å². The van der Waals surface area contributed by atoms with Crippen LogP contribution >= 0.6 is 0 Å². The number of rotatable bonds is 4. The minimum absolute atomic E-state index is 0.0910. The molecule has 0 heterocycles. The Morgan fingerprint density at radius 1 is 0.935 bits per heavy atom. The third-order valence-electron chi connectivity index (χ3n) is 7.19. The summed E-state index contributed by atoms with van der Waals surface area (Å²) in [5.74, 6) is -4.24. The molecule has 4 aliphatic rings. The molecule has 2 atom stereocenters. The third-order valence-corrected chi connectivity index (χ3v) is 7.19. The molecule has 6 rings (SSSR count). The summed E-state index contributed by atoms with van der Waals surface area (Å²) in [6.07, 6.45) is 3.76. The van der Waals surface area contributed by atoms with Crippen molar-refractivity contribution < 1.29 is 27.9 Å². The van der Waals surface area contributed by atoms with Crippen molar-refractivity contribution in [3.05, 3.63) is 70.5 Å².